The van der Waals surface area contributed by atoms with Crippen molar-refractivity contribution in [1.82, 2.24) is 26.0 Å². The van der Waals surface area contributed by atoms with Crippen molar-refractivity contribution >= 4 is 82.0 Å². The molecule has 0 bridgehead atoms. The van der Waals surface area contributed by atoms with Crippen LogP contribution in [0.15, 0.2) is 88.1 Å². The number of nitro benzene ring substituents is 1. The number of carboxylic acids is 1. The van der Waals surface area contributed by atoms with Crippen LogP contribution in [0.3, 0.4) is 0 Å². The van der Waals surface area contributed by atoms with E-state index in [9.17, 15) is 68.6 Å². The maximum Gasteiger partial charge on any atom is 0.329 e. The maximum atomic E-state index is 15.3. The number of aromatic hydroxyl groups is 1. The van der Waals surface area contributed by atoms with Gasteiger partial charge in [0.2, 0.25) is 23.4 Å². The highest BCUT2D eigenvalue weighted by Gasteiger charge is 2.42. The summed E-state index contributed by atoms with van der Waals surface area (Å²) < 4.78 is 5.90. The van der Waals surface area contributed by atoms with Crippen molar-refractivity contribution in [3.05, 3.63) is 94.0 Å². The monoisotopic (exact) mass is 1220 g/mol. The number of likely N-dealkylation sites (N-methyl/N-ethyl adjacent to an activating group) is 1. The number of hydrogen-bond acceptors (Lipinski definition) is 21. The van der Waals surface area contributed by atoms with Crippen LogP contribution in [0.2, 0.25) is 0 Å². The van der Waals surface area contributed by atoms with E-state index in [0.29, 0.717) is 16.1 Å². The maximum absolute atomic E-state index is 15.3. The highest BCUT2D eigenvalue weighted by atomic mass is 16.6. The lowest BCUT2D eigenvalue weighted by Crippen LogP contribution is -2.62. The molecule has 0 saturated carbocycles. The summed E-state index contributed by atoms with van der Waals surface area (Å²) in [6.07, 6.45) is -3.76. The number of ether oxygens (including phenoxy) is 1. The second-order valence-corrected chi connectivity index (χ2v) is 20.9. The quantitative estimate of drug-likeness (QED) is 0.00542. The number of carbonyl (C=O) groups is 10. The molecule has 0 aliphatic rings. The zero-order chi connectivity index (χ0) is 65.2. The lowest BCUT2D eigenvalue weighted by Gasteiger charge is -2.37. The average Bonchev–Trinajstić information content (AvgIpc) is 1.65. The molecule has 0 heterocycles. The number of guanidine groups is 1. The van der Waals surface area contributed by atoms with Gasteiger partial charge in [-0.2, -0.15) is 5.01 Å². The van der Waals surface area contributed by atoms with Crippen LogP contribution in [0.1, 0.15) is 91.2 Å². The zero-order valence-electron chi connectivity index (χ0n) is 49.3. The van der Waals surface area contributed by atoms with Crippen LogP contribution in [0.4, 0.5) is 17.1 Å². The van der Waals surface area contributed by atoms with Crippen molar-refractivity contribution in [3.8, 4) is 5.75 Å². The first-order valence-corrected chi connectivity index (χ1v) is 27.8. The van der Waals surface area contributed by atoms with Gasteiger partial charge in [0, 0.05) is 38.1 Å². The minimum atomic E-state index is -1.99. The third-order valence-corrected chi connectivity index (χ3v) is 13.2. The van der Waals surface area contributed by atoms with Gasteiger partial charge in [-0.25, -0.2) is 14.6 Å². The number of primary amides is 1. The Hall–Kier alpha value is -9.33. The summed E-state index contributed by atoms with van der Waals surface area (Å²) in [7, 11) is 0. The molecule has 3 aromatic rings. The number of non-ortho nitro benzene ring substituents is 1. The summed E-state index contributed by atoms with van der Waals surface area (Å²) in [6.45, 7) is 8.72. The Morgan fingerprint density at radius 1 is 0.805 bits per heavy atom. The van der Waals surface area contributed by atoms with E-state index in [2.05, 4.69) is 26.0 Å². The highest BCUT2D eigenvalue weighted by Crippen LogP contribution is 2.28. The fourth-order valence-corrected chi connectivity index (χ4v) is 8.68. The molecule has 0 spiro atoms. The molecule has 0 aromatic heterocycles. The van der Waals surface area contributed by atoms with Gasteiger partial charge in [-0.15, -0.1) is 5.11 Å². The molecule has 7 atom stereocenters. The Labute approximate surface area is 501 Å². The standard InChI is InChI=1S/C56H79N15O16/c1-7-62-40(29-34-17-23-38(73)24-18-34)51(79)68(27-25-35-12-8-9-13-42(35)70(67-65-36-19-21-37(22-20-36)71(85)86)52(80)41(28-31(2)3)64-49(77)39(57)30-72)47(32(4)5)55(84)87-33(6)46(58)53(81)69(43(54(82)83)14-11-26-63-56(60)61)66-50(78)45(75)16-10-15-44(74)48(59)76/h8-9,12-13,17-24,31-33,39-41,43,46-47,62,72-73H,7,10-11,14-16,25-30,57-58H2,1-6H3,(H2,59,76)(H,64,77)(H,66,78)(H,82,83)(H4,60,61,63)/t33-,39+,40+,41+,43+,46+,47+/m1/s1. The number of phenolic OH excluding ortho intramolecular Hbond substituents is 1. The minimum absolute atomic E-state index is 0.0240. The number of nitrogens with two attached hydrogens (primary N) is 5. The number of esters is 1. The van der Waals surface area contributed by atoms with E-state index in [1.807, 2.05) is 5.43 Å². The Morgan fingerprint density at radius 3 is 2.00 bits per heavy atom. The number of aliphatic hydroxyl groups is 1. The normalized spacial score (nSPS) is 13.6. The lowest BCUT2D eigenvalue weighted by atomic mass is 9.97. The third kappa shape index (κ3) is 22.6. The van der Waals surface area contributed by atoms with E-state index in [-0.39, 0.29) is 86.4 Å². The Balaban J connectivity index is 2.21. The largest absolute Gasteiger partial charge is 0.508 e. The smallest absolute Gasteiger partial charge is 0.329 e. The number of benzene rings is 3. The van der Waals surface area contributed by atoms with Crippen LogP contribution >= 0.6 is 0 Å². The van der Waals surface area contributed by atoms with Gasteiger partial charge in [0.1, 0.15) is 36.0 Å². The number of aliphatic imine (C=N–C) groups is 1. The van der Waals surface area contributed by atoms with Gasteiger partial charge < -0.3 is 64.3 Å². The summed E-state index contributed by atoms with van der Waals surface area (Å²) in [6, 6.07) is 7.99. The van der Waals surface area contributed by atoms with Gasteiger partial charge in [-0.1, -0.05) is 70.2 Å². The molecule has 16 N–H and O–H groups in total. The zero-order valence-corrected chi connectivity index (χ0v) is 49.3. The van der Waals surface area contributed by atoms with Gasteiger partial charge in [0.05, 0.1) is 28.9 Å². The van der Waals surface area contributed by atoms with Gasteiger partial charge >= 0.3 is 17.8 Å². The first-order chi connectivity index (χ1) is 41.0. The number of phenols is 1. The molecule has 3 rings (SSSR count). The second-order valence-electron chi connectivity index (χ2n) is 20.9. The molecule has 87 heavy (non-hydrogen) atoms. The summed E-state index contributed by atoms with van der Waals surface area (Å²) in [5, 5.41) is 57.0. The topological polar surface area (TPSA) is 497 Å². The van der Waals surface area contributed by atoms with Crippen molar-refractivity contribution in [2.24, 2.45) is 55.8 Å². The van der Waals surface area contributed by atoms with Crippen LogP contribution in [-0.2, 0) is 65.5 Å². The van der Waals surface area contributed by atoms with E-state index in [0.717, 1.165) is 5.01 Å². The van der Waals surface area contributed by atoms with Crippen molar-refractivity contribution < 1.29 is 72.9 Å². The number of nitro groups is 1. The summed E-state index contributed by atoms with van der Waals surface area (Å²) in [5.74, 6) is -12.9. The summed E-state index contributed by atoms with van der Waals surface area (Å²) in [5.41, 5.74) is 30.9. The van der Waals surface area contributed by atoms with Gasteiger partial charge in [-0.3, -0.25) is 58.9 Å². The van der Waals surface area contributed by atoms with E-state index in [1.165, 1.54) is 54.3 Å². The Bertz CT molecular complexity index is 2960. The SMILES string of the molecule is CCN[C@@H](Cc1ccc(O)cc1)C(=O)N(CCc1ccccc1N(N=Nc1ccc([N+](=O)[O-])cc1)C(=O)[C@H](CC(C)C)NC(=O)[C@@H](N)CO)[C@H](C(=O)O[C@H](C)[C@H](N)C(=O)N(NC(=O)C(=O)CCCC(=O)C(N)=O)[C@@H](CCCN=C(N)N)C(=O)O)C(C)C. The molecule has 0 unspecified atom stereocenters. The first-order valence-electron chi connectivity index (χ1n) is 27.8. The summed E-state index contributed by atoms with van der Waals surface area (Å²) in [4.78, 5) is 151. The molecule has 0 aliphatic heterocycles. The first kappa shape index (κ1) is 71.9. The molecular weight excluding hydrogens is 1140 g/mol. The number of hydrazine groups is 1. The van der Waals surface area contributed by atoms with Crippen LogP contribution in [0, 0.1) is 22.0 Å². The predicted octanol–water partition coefficient (Wildman–Crippen LogP) is 0.219. The number of hydrogen-bond donors (Lipinski definition) is 11. The van der Waals surface area contributed by atoms with E-state index in [1.54, 1.807) is 65.0 Å². The van der Waals surface area contributed by atoms with Gasteiger partial charge in [0.15, 0.2) is 12.0 Å². The number of para-hydroxylation sites is 1. The average molecular weight is 1220 g/mol. The number of carbonyl (C=O) groups excluding carboxylic acids is 9. The molecule has 0 aliphatic carbocycles. The fraction of sp³-hybridized carbons (Fsp3) is 0.482. The molecule has 3 aromatic carbocycles. The number of carboxylic acid groups (broad SMARTS) is 1. The number of amides is 6. The van der Waals surface area contributed by atoms with Crippen molar-refractivity contribution in [1.29, 1.82) is 0 Å². The number of aliphatic hydroxyl groups excluding tert-OH is 1. The minimum Gasteiger partial charge on any atom is -0.508 e. The number of nitrogens with one attached hydrogen (secondary N) is 3. The van der Waals surface area contributed by atoms with Crippen LogP contribution in [0.5, 0.6) is 5.75 Å². The number of anilines is 1. The van der Waals surface area contributed by atoms with Crippen molar-refractivity contribution in [2.45, 2.75) is 135 Å². The van der Waals surface area contributed by atoms with Crippen molar-refractivity contribution in [2.75, 3.05) is 31.3 Å². The number of aliphatic carboxylic acids is 1. The van der Waals surface area contributed by atoms with Gasteiger partial charge in [0.25, 0.3) is 23.4 Å². The number of Topliss-reactive ketones (excluding diaryl/α,β-unsaturated/α-hetero) is 2. The Morgan fingerprint density at radius 2 is 1.44 bits per heavy atom. The summed E-state index contributed by atoms with van der Waals surface area (Å²) >= 11 is 0. The van der Waals surface area contributed by atoms with E-state index in [4.69, 9.17) is 33.4 Å². The highest BCUT2D eigenvalue weighted by molar-refractivity contribution is 6.37. The molecular formula is C56H79N15O16. The number of nitrogens with zero attached hydrogens (tertiary/aromatic N) is 7. The second kappa shape index (κ2) is 35.2. The van der Waals surface area contributed by atoms with Crippen molar-refractivity contribution in [3.63, 3.8) is 0 Å². The van der Waals surface area contributed by atoms with Crippen LogP contribution in [-0.4, -0.2) is 164 Å². The molecule has 0 radical (unpaired) electrons. The van der Waals surface area contributed by atoms with Crippen LogP contribution < -0.4 is 49.7 Å². The fourth-order valence-electron chi connectivity index (χ4n) is 8.68. The molecule has 0 fully saturated rings. The molecule has 31 nitrogen and oxygen atoms in total. The third-order valence-electron chi connectivity index (χ3n) is 13.2. The van der Waals surface area contributed by atoms with Gasteiger partial charge in [-0.05, 0) is 105 Å². The molecule has 6 amide bonds. The van der Waals surface area contributed by atoms with E-state index >= 15 is 4.79 Å². The lowest BCUT2D eigenvalue weighted by molar-refractivity contribution is -0.384. The molecule has 474 valence electrons. The van der Waals surface area contributed by atoms with Crippen LogP contribution in [0.25, 0.3) is 0 Å². The molecule has 0 saturated heterocycles. The molecule has 31 heteroatoms. The predicted molar refractivity (Wildman–Crippen MR) is 314 cm³/mol. The number of rotatable bonds is 36. The van der Waals surface area contributed by atoms with E-state index < -0.39 is 138 Å². The Kier molecular flexibility index (Phi) is 29.1. The number of ketones is 2.